The van der Waals surface area contributed by atoms with E-state index >= 15 is 0 Å². The van der Waals surface area contributed by atoms with Gasteiger partial charge in [-0.25, -0.2) is 0 Å². The summed E-state index contributed by atoms with van der Waals surface area (Å²) < 4.78 is 6.08. The fraction of sp³-hybridized carbons (Fsp3) is 0.200. The molecule has 0 spiro atoms. The van der Waals surface area contributed by atoms with Gasteiger partial charge in [0.15, 0.2) is 0 Å². The zero-order valence-corrected chi connectivity index (χ0v) is 16.5. The largest absolute Gasteiger partial charge is 0.507 e. The lowest BCUT2D eigenvalue weighted by Gasteiger charge is -2.22. The molecule has 28 heavy (non-hydrogen) atoms. The maximum Gasteiger partial charge on any atom is 0.135 e. The third-order valence-corrected chi connectivity index (χ3v) is 4.79. The molecule has 0 atom stereocenters. The number of furan rings is 1. The molecule has 1 heterocycles. The van der Waals surface area contributed by atoms with Crippen molar-refractivity contribution in [1.82, 2.24) is 5.32 Å². The molecule has 0 saturated heterocycles. The summed E-state index contributed by atoms with van der Waals surface area (Å²) in [5.74, 6) is 1.11. The van der Waals surface area contributed by atoms with Crippen LogP contribution < -0.4 is 5.32 Å². The van der Waals surface area contributed by atoms with Crippen LogP contribution in [0.4, 0.5) is 0 Å². The van der Waals surface area contributed by atoms with Crippen LogP contribution in [0.3, 0.4) is 0 Å². The lowest BCUT2D eigenvalue weighted by Crippen LogP contribution is -2.35. The average molecular weight is 371 g/mol. The van der Waals surface area contributed by atoms with Crippen LogP contribution in [0.1, 0.15) is 26.3 Å². The van der Waals surface area contributed by atoms with E-state index in [1.807, 2.05) is 66.7 Å². The van der Waals surface area contributed by atoms with Gasteiger partial charge >= 0.3 is 0 Å². The van der Waals surface area contributed by atoms with E-state index in [1.165, 1.54) is 0 Å². The molecular formula is C25H25NO2. The Balaban J connectivity index is 1.85. The molecule has 0 aliphatic rings. The zero-order chi connectivity index (χ0) is 19.7. The van der Waals surface area contributed by atoms with E-state index in [-0.39, 0.29) is 5.54 Å². The van der Waals surface area contributed by atoms with Crippen LogP contribution in [0.5, 0.6) is 5.75 Å². The van der Waals surface area contributed by atoms with Gasteiger partial charge in [0.1, 0.15) is 17.1 Å². The monoisotopic (exact) mass is 371 g/mol. The van der Waals surface area contributed by atoms with Crippen LogP contribution in [-0.2, 0) is 6.54 Å². The van der Waals surface area contributed by atoms with Gasteiger partial charge in [0.05, 0.1) is 0 Å². The second-order valence-electron chi connectivity index (χ2n) is 8.15. The van der Waals surface area contributed by atoms with Crippen molar-refractivity contribution in [3.63, 3.8) is 0 Å². The summed E-state index contributed by atoms with van der Waals surface area (Å²) in [6.45, 7) is 6.92. The van der Waals surface area contributed by atoms with Gasteiger partial charge in [-0.05, 0) is 50.6 Å². The average Bonchev–Trinajstić information content (AvgIpc) is 3.11. The standard InChI is InChI=1S/C25H25NO2/c1-25(2,3)26-16-20-13-19(23-15-18-11-7-8-12-22(18)28-23)14-21(24(20)27)17-9-5-4-6-10-17/h4-15,26-27H,16H2,1-3H3. The molecule has 0 aliphatic carbocycles. The molecule has 3 nitrogen and oxygen atoms in total. The Labute approximate surface area is 165 Å². The highest BCUT2D eigenvalue weighted by Gasteiger charge is 2.17. The first-order valence-electron chi connectivity index (χ1n) is 9.56. The highest BCUT2D eigenvalue weighted by atomic mass is 16.3. The number of benzene rings is 3. The number of para-hydroxylation sites is 1. The molecule has 0 saturated carbocycles. The second kappa shape index (κ2) is 7.17. The molecular weight excluding hydrogens is 346 g/mol. The highest BCUT2D eigenvalue weighted by Crippen LogP contribution is 2.38. The molecule has 0 aliphatic heterocycles. The minimum atomic E-state index is -0.0469. The minimum absolute atomic E-state index is 0.0469. The predicted octanol–water partition coefficient (Wildman–Crippen LogP) is 6.36. The number of hydrogen-bond donors (Lipinski definition) is 2. The summed E-state index contributed by atoms with van der Waals surface area (Å²) in [6.07, 6.45) is 0. The van der Waals surface area contributed by atoms with Crippen molar-refractivity contribution in [2.45, 2.75) is 32.9 Å². The van der Waals surface area contributed by atoms with E-state index in [9.17, 15) is 5.11 Å². The van der Waals surface area contributed by atoms with Gasteiger partial charge in [-0.2, -0.15) is 0 Å². The lowest BCUT2D eigenvalue weighted by atomic mass is 9.96. The van der Waals surface area contributed by atoms with Crippen molar-refractivity contribution in [3.8, 4) is 28.2 Å². The summed E-state index contributed by atoms with van der Waals surface area (Å²) in [6, 6.07) is 24.0. The third-order valence-electron chi connectivity index (χ3n) is 4.79. The number of fused-ring (bicyclic) bond motifs is 1. The van der Waals surface area contributed by atoms with E-state index in [0.717, 1.165) is 39.0 Å². The number of hydrogen-bond acceptors (Lipinski definition) is 3. The molecule has 4 aromatic rings. The Morgan fingerprint density at radius 2 is 1.57 bits per heavy atom. The summed E-state index contributed by atoms with van der Waals surface area (Å²) in [4.78, 5) is 0. The zero-order valence-electron chi connectivity index (χ0n) is 16.5. The first-order valence-corrected chi connectivity index (χ1v) is 9.56. The Hall–Kier alpha value is -3.04. The number of phenolic OH excluding ortho intramolecular Hbond substituents is 1. The van der Waals surface area contributed by atoms with E-state index in [4.69, 9.17) is 4.42 Å². The van der Waals surface area contributed by atoms with Gasteiger partial charge in [-0.15, -0.1) is 0 Å². The fourth-order valence-electron chi connectivity index (χ4n) is 3.29. The normalized spacial score (nSPS) is 11.8. The molecule has 0 fully saturated rings. The lowest BCUT2D eigenvalue weighted by molar-refractivity contribution is 0.412. The SMILES string of the molecule is CC(C)(C)NCc1cc(-c2cc3ccccc3o2)cc(-c2ccccc2)c1O. The maximum absolute atomic E-state index is 11.0. The molecule has 0 amide bonds. The number of aromatic hydroxyl groups is 1. The number of nitrogens with one attached hydrogen (secondary N) is 1. The minimum Gasteiger partial charge on any atom is -0.507 e. The van der Waals surface area contributed by atoms with Crippen LogP contribution in [0, 0.1) is 0 Å². The van der Waals surface area contributed by atoms with E-state index < -0.39 is 0 Å². The predicted molar refractivity (Wildman–Crippen MR) is 115 cm³/mol. The molecule has 3 aromatic carbocycles. The van der Waals surface area contributed by atoms with Crippen LogP contribution in [0.2, 0.25) is 0 Å². The molecule has 0 bridgehead atoms. The van der Waals surface area contributed by atoms with Gasteiger partial charge in [-0.1, -0.05) is 48.5 Å². The van der Waals surface area contributed by atoms with Gasteiger partial charge < -0.3 is 14.8 Å². The van der Waals surface area contributed by atoms with E-state index in [2.05, 4.69) is 32.2 Å². The molecule has 3 heteroatoms. The van der Waals surface area contributed by atoms with Crippen molar-refractivity contribution in [2.75, 3.05) is 0 Å². The second-order valence-corrected chi connectivity index (χ2v) is 8.15. The van der Waals surface area contributed by atoms with Crippen LogP contribution in [0.25, 0.3) is 33.4 Å². The van der Waals surface area contributed by atoms with Crippen molar-refractivity contribution in [2.24, 2.45) is 0 Å². The van der Waals surface area contributed by atoms with Gasteiger partial charge in [-0.3, -0.25) is 0 Å². The Morgan fingerprint density at radius 1 is 0.857 bits per heavy atom. The number of phenols is 1. The molecule has 0 radical (unpaired) electrons. The summed E-state index contributed by atoms with van der Waals surface area (Å²) in [5.41, 5.74) is 4.42. The maximum atomic E-state index is 11.0. The van der Waals surface area contributed by atoms with Crippen molar-refractivity contribution in [3.05, 3.63) is 78.4 Å². The van der Waals surface area contributed by atoms with Gasteiger partial charge in [0.25, 0.3) is 0 Å². The van der Waals surface area contributed by atoms with Crippen molar-refractivity contribution >= 4 is 11.0 Å². The Kier molecular flexibility index (Phi) is 4.70. The smallest absolute Gasteiger partial charge is 0.135 e. The summed E-state index contributed by atoms with van der Waals surface area (Å²) in [5, 5.41) is 15.5. The van der Waals surface area contributed by atoms with Gasteiger partial charge in [0.2, 0.25) is 0 Å². The topological polar surface area (TPSA) is 45.4 Å². The first kappa shape index (κ1) is 18.3. The van der Waals surface area contributed by atoms with Crippen LogP contribution in [0.15, 0.2) is 77.2 Å². The van der Waals surface area contributed by atoms with Crippen molar-refractivity contribution < 1.29 is 9.52 Å². The van der Waals surface area contributed by atoms with Crippen LogP contribution in [-0.4, -0.2) is 10.6 Å². The quantitative estimate of drug-likeness (QED) is 0.439. The Bertz CT molecular complexity index is 1070. The fourth-order valence-corrected chi connectivity index (χ4v) is 3.29. The number of rotatable bonds is 4. The Morgan fingerprint density at radius 3 is 2.29 bits per heavy atom. The van der Waals surface area contributed by atoms with Crippen molar-refractivity contribution in [1.29, 1.82) is 0 Å². The highest BCUT2D eigenvalue weighted by molar-refractivity contribution is 5.85. The van der Waals surface area contributed by atoms with E-state index in [1.54, 1.807) is 0 Å². The third kappa shape index (κ3) is 3.80. The van der Waals surface area contributed by atoms with Crippen LogP contribution >= 0.6 is 0 Å². The van der Waals surface area contributed by atoms with E-state index in [0.29, 0.717) is 12.3 Å². The molecule has 0 unspecified atom stereocenters. The molecule has 142 valence electrons. The summed E-state index contributed by atoms with van der Waals surface area (Å²) in [7, 11) is 0. The summed E-state index contributed by atoms with van der Waals surface area (Å²) >= 11 is 0. The molecule has 1 aromatic heterocycles. The molecule has 2 N–H and O–H groups in total. The van der Waals surface area contributed by atoms with Gasteiger partial charge in [0, 0.05) is 34.2 Å². The first-order chi connectivity index (χ1) is 13.4. The molecule has 4 rings (SSSR count).